The number of fused-ring (bicyclic) bond motifs is 1. The predicted octanol–water partition coefficient (Wildman–Crippen LogP) is 3.08. The average Bonchev–Trinajstić information content (AvgIpc) is 2.95. The molecule has 2 heterocycles. The van der Waals surface area contributed by atoms with Gasteiger partial charge in [-0.25, -0.2) is 0 Å². The number of carbonyl (C=O) groups is 1. The third-order valence-electron chi connectivity index (χ3n) is 2.91. The molecule has 1 aromatic heterocycles. The van der Waals surface area contributed by atoms with E-state index in [1.807, 2.05) is 18.2 Å². The summed E-state index contributed by atoms with van der Waals surface area (Å²) >= 11 is 6.59. The van der Waals surface area contributed by atoms with Crippen molar-refractivity contribution >= 4 is 45.4 Å². The van der Waals surface area contributed by atoms with Crippen molar-refractivity contribution in [3.05, 3.63) is 22.2 Å². The van der Waals surface area contributed by atoms with E-state index < -0.39 is 0 Å². The smallest absolute Gasteiger partial charge is 0.253 e. The first-order chi connectivity index (χ1) is 8.72. The number of amides is 1. The Hall–Kier alpha value is -1.24. The fourth-order valence-electron chi connectivity index (χ4n) is 2.03. The molecule has 1 saturated heterocycles. The van der Waals surface area contributed by atoms with Gasteiger partial charge in [-0.1, -0.05) is 0 Å². The topological polar surface area (TPSA) is 54.1 Å². The zero-order valence-corrected chi connectivity index (χ0v) is 11.2. The number of rotatable bonds is 2. The number of aromatic amines is 1. The molecule has 1 aliphatic rings. The summed E-state index contributed by atoms with van der Waals surface area (Å²) in [5, 5.41) is 2.88. The molecule has 2 aromatic rings. The number of anilines is 1. The van der Waals surface area contributed by atoms with Gasteiger partial charge in [-0.2, -0.15) is 0 Å². The van der Waals surface area contributed by atoms with Crippen LogP contribution in [0.15, 0.2) is 18.2 Å². The first kappa shape index (κ1) is 11.8. The van der Waals surface area contributed by atoms with E-state index >= 15 is 0 Å². The number of thiazole rings is 1. The minimum atomic E-state index is -0.301. The van der Waals surface area contributed by atoms with Gasteiger partial charge in [0.25, 0.3) is 5.91 Å². The summed E-state index contributed by atoms with van der Waals surface area (Å²) in [6.45, 7) is 0.677. The SMILES string of the molecule is O=C(Nc1ccc2[nH]c(=S)sc2c1)C1CCCO1. The zero-order valence-electron chi connectivity index (χ0n) is 9.56. The van der Waals surface area contributed by atoms with E-state index in [2.05, 4.69) is 10.3 Å². The van der Waals surface area contributed by atoms with Gasteiger partial charge in [0.15, 0.2) is 3.95 Å². The van der Waals surface area contributed by atoms with Crippen molar-refractivity contribution in [2.45, 2.75) is 18.9 Å². The Labute approximate surface area is 113 Å². The van der Waals surface area contributed by atoms with Gasteiger partial charge < -0.3 is 15.0 Å². The molecule has 1 atom stereocenters. The van der Waals surface area contributed by atoms with Gasteiger partial charge in [0.05, 0.1) is 10.2 Å². The Kier molecular flexibility index (Phi) is 3.15. The Morgan fingerprint density at radius 1 is 1.56 bits per heavy atom. The van der Waals surface area contributed by atoms with Gasteiger partial charge in [0.2, 0.25) is 0 Å². The summed E-state index contributed by atoms with van der Waals surface area (Å²) in [7, 11) is 0. The van der Waals surface area contributed by atoms with Crippen LogP contribution < -0.4 is 5.32 Å². The van der Waals surface area contributed by atoms with E-state index in [1.54, 1.807) is 0 Å². The Bertz CT molecular complexity index is 641. The number of aromatic nitrogens is 1. The van der Waals surface area contributed by atoms with Crippen LogP contribution in [0.4, 0.5) is 5.69 Å². The van der Waals surface area contributed by atoms with E-state index in [1.165, 1.54) is 11.3 Å². The number of H-pyrrole nitrogens is 1. The molecule has 1 aliphatic heterocycles. The number of hydrogen-bond donors (Lipinski definition) is 2. The highest BCUT2D eigenvalue weighted by molar-refractivity contribution is 7.73. The highest BCUT2D eigenvalue weighted by Gasteiger charge is 2.23. The summed E-state index contributed by atoms with van der Waals surface area (Å²) in [5.41, 5.74) is 1.79. The van der Waals surface area contributed by atoms with Crippen molar-refractivity contribution in [1.29, 1.82) is 0 Å². The van der Waals surface area contributed by atoms with E-state index in [0.717, 1.165) is 32.7 Å². The van der Waals surface area contributed by atoms with E-state index in [-0.39, 0.29) is 12.0 Å². The summed E-state index contributed by atoms with van der Waals surface area (Å²) < 4.78 is 7.14. The second-order valence-electron chi connectivity index (χ2n) is 4.22. The van der Waals surface area contributed by atoms with Gasteiger partial charge in [0.1, 0.15) is 6.10 Å². The number of hydrogen-bond acceptors (Lipinski definition) is 4. The molecule has 0 saturated carbocycles. The monoisotopic (exact) mass is 280 g/mol. The molecular weight excluding hydrogens is 268 g/mol. The minimum Gasteiger partial charge on any atom is -0.368 e. The van der Waals surface area contributed by atoms with Crippen LogP contribution in [0.2, 0.25) is 0 Å². The van der Waals surface area contributed by atoms with Gasteiger partial charge >= 0.3 is 0 Å². The first-order valence-corrected chi connectivity index (χ1v) is 7.00. The molecule has 0 aliphatic carbocycles. The fourth-order valence-corrected chi connectivity index (χ4v) is 3.19. The molecule has 2 N–H and O–H groups in total. The minimum absolute atomic E-state index is 0.0639. The van der Waals surface area contributed by atoms with Crippen molar-refractivity contribution in [2.75, 3.05) is 11.9 Å². The molecule has 3 rings (SSSR count). The maximum absolute atomic E-state index is 11.9. The lowest BCUT2D eigenvalue weighted by Gasteiger charge is -2.10. The molecule has 1 aromatic carbocycles. The lowest BCUT2D eigenvalue weighted by molar-refractivity contribution is -0.124. The molecule has 0 spiro atoms. The summed E-state index contributed by atoms with van der Waals surface area (Å²) in [5.74, 6) is -0.0639. The summed E-state index contributed by atoms with van der Waals surface area (Å²) in [6, 6.07) is 5.72. The van der Waals surface area contributed by atoms with Crippen molar-refractivity contribution in [3.8, 4) is 0 Å². The van der Waals surface area contributed by atoms with Crippen LogP contribution in [0.3, 0.4) is 0 Å². The molecule has 18 heavy (non-hydrogen) atoms. The number of carbonyl (C=O) groups excluding carboxylic acids is 1. The maximum atomic E-state index is 11.9. The van der Waals surface area contributed by atoms with Gasteiger partial charge in [-0.3, -0.25) is 4.79 Å². The molecule has 1 fully saturated rings. The van der Waals surface area contributed by atoms with Crippen molar-refractivity contribution in [2.24, 2.45) is 0 Å². The van der Waals surface area contributed by atoms with Gasteiger partial charge in [-0.15, -0.1) is 11.3 Å². The van der Waals surface area contributed by atoms with E-state index in [0.29, 0.717) is 6.61 Å². The zero-order chi connectivity index (χ0) is 12.5. The number of benzene rings is 1. The Morgan fingerprint density at radius 2 is 2.44 bits per heavy atom. The molecule has 0 radical (unpaired) electrons. The van der Waals surface area contributed by atoms with Crippen molar-refractivity contribution in [1.82, 2.24) is 4.98 Å². The van der Waals surface area contributed by atoms with Crippen LogP contribution >= 0.6 is 23.6 Å². The van der Waals surface area contributed by atoms with Gasteiger partial charge in [0, 0.05) is 12.3 Å². The lowest BCUT2D eigenvalue weighted by atomic mass is 10.2. The van der Waals surface area contributed by atoms with Crippen molar-refractivity contribution < 1.29 is 9.53 Å². The van der Waals surface area contributed by atoms with Crippen LogP contribution in [-0.4, -0.2) is 23.6 Å². The van der Waals surface area contributed by atoms with Crippen LogP contribution in [0, 0.1) is 3.95 Å². The normalized spacial score (nSPS) is 19.2. The standard InChI is InChI=1S/C12H12N2O2S2/c15-11(9-2-1-5-16-9)13-7-3-4-8-10(6-7)18-12(17)14-8/h3-4,6,9H,1-2,5H2,(H,13,15)(H,14,17). The summed E-state index contributed by atoms with van der Waals surface area (Å²) in [4.78, 5) is 15.0. The highest BCUT2D eigenvalue weighted by Crippen LogP contribution is 2.24. The Balaban J connectivity index is 1.81. The first-order valence-electron chi connectivity index (χ1n) is 5.78. The second kappa shape index (κ2) is 4.79. The van der Waals surface area contributed by atoms with E-state index in [9.17, 15) is 4.79 Å². The molecule has 0 bridgehead atoms. The van der Waals surface area contributed by atoms with Crippen LogP contribution in [0.5, 0.6) is 0 Å². The fraction of sp³-hybridized carbons (Fsp3) is 0.333. The molecule has 1 unspecified atom stereocenters. The van der Waals surface area contributed by atoms with E-state index in [4.69, 9.17) is 17.0 Å². The van der Waals surface area contributed by atoms with Crippen LogP contribution in [0.25, 0.3) is 10.2 Å². The molecule has 4 nitrogen and oxygen atoms in total. The van der Waals surface area contributed by atoms with Gasteiger partial charge in [-0.05, 0) is 43.3 Å². The quantitative estimate of drug-likeness (QED) is 0.831. The predicted molar refractivity (Wildman–Crippen MR) is 74.6 cm³/mol. The molecule has 6 heteroatoms. The number of ether oxygens (including phenoxy) is 1. The maximum Gasteiger partial charge on any atom is 0.253 e. The molecular formula is C12H12N2O2S2. The molecule has 94 valence electrons. The third-order valence-corrected chi connectivity index (χ3v) is 4.11. The molecule has 1 amide bonds. The second-order valence-corrected chi connectivity index (χ2v) is 5.94. The summed E-state index contributed by atoms with van der Waals surface area (Å²) in [6.07, 6.45) is 1.46. The Morgan fingerprint density at radius 3 is 3.22 bits per heavy atom. The van der Waals surface area contributed by atoms with Crippen LogP contribution in [0.1, 0.15) is 12.8 Å². The van der Waals surface area contributed by atoms with Crippen LogP contribution in [-0.2, 0) is 9.53 Å². The van der Waals surface area contributed by atoms with Crippen molar-refractivity contribution in [3.63, 3.8) is 0 Å². The third kappa shape index (κ3) is 2.31. The average molecular weight is 280 g/mol. The lowest BCUT2D eigenvalue weighted by Crippen LogP contribution is -2.26. The largest absolute Gasteiger partial charge is 0.368 e. The highest BCUT2D eigenvalue weighted by atomic mass is 32.1. The number of nitrogens with one attached hydrogen (secondary N) is 2.